The third-order valence-electron chi connectivity index (χ3n) is 8.31. The summed E-state index contributed by atoms with van der Waals surface area (Å²) in [6.07, 6.45) is 9.74. The molecular formula is C31H42FN3O5. The first kappa shape index (κ1) is 28.6. The number of benzene rings is 1. The number of rotatable bonds is 14. The normalized spacial score (nSPS) is 19.6. The molecule has 3 heterocycles. The number of aliphatic carboxylic acids is 1. The molecule has 9 heteroatoms. The van der Waals surface area contributed by atoms with Crippen molar-refractivity contribution in [1.29, 1.82) is 0 Å². The molecule has 5 rings (SSSR count). The molecule has 0 radical (unpaired) electrons. The summed E-state index contributed by atoms with van der Waals surface area (Å²) in [5.41, 5.74) is 3.46. The van der Waals surface area contributed by atoms with Crippen molar-refractivity contribution in [1.82, 2.24) is 9.88 Å². The number of hydrogen-bond acceptors (Lipinski definition) is 7. The minimum absolute atomic E-state index is 0.0260. The van der Waals surface area contributed by atoms with Gasteiger partial charge in [-0.1, -0.05) is 6.42 Å². The van der Waals surface area contributed by atoms with E-state index in [9.17, 15) is 14.3 Å². The molecule has 2 aromatic rings. The van der Waals surface area contributed by atoms with E-state index in [0.29, 0.717) is 31.2 Å². The Balaban J connectivity index is 1.10. The number of halogens is 1. The molecule has 8 nitrogen and oxygen atoms in total. The topological polar surface area (TPSA) is 93.2 Å². The number of pyridine rings is 1. The molecule has 0 unspecified atom stereocenters. The van der Waals surface area contributed by atoms with Gasteiger partial charge < -0.3 is 24.6 Å². The van der Waals surface area contributed by atoms with Crippen molar-refractivity contribution in [2.75, 3.05) is 45.8 Å². The number of hydrogen-bond donors (Lipinski definition) is 2. The summed E-state index contributed by atoms with van der Waals surface area (Å²) in [7, 11) is 3.11. The van der Waals surface area contributed by atoms with E-state index in [2.05, 4.69) is 11.4 Å². The Kier molecular flexibility index (Phi) is 9.42. The predicted octanol–water partition coefficient (Wildman–Crippen LogP) is 5.18. The van der Waals surface area contributed by atoms with Crippen molar-refractivity contribution in [3.8, 4) is 11.5 Å². The first-order chi connectivity index (χ1) is 19.5. The Hall–Kier alpha value is -2.91. The third-order valence-corrected chi connectivity index (χ3v) is 8.31. The lowest BCUT2D eigenvalue weighted by Gasteiger charge is -2.26. The lowest BCUT2D eigenvalue weighted by atomic mass is 9.98. The highest BCUT2D eigenvalue weighted by Gasteiger charge is 2.37. The second-order valence-corrected chi connectivity index (χ2v) is 11.3. The van der Waals surface area contributed by atoms with Gasteiger partial charge in [0.1, 0.15) is 17.6 Å². The predicted molar refractivity (Wildman–Crippen MR) is 151 cm³/mol. The molecular weight excluding hydrogens is 513 g/mol. The van der Waals surface area contributed by atoms with Gasteiger partial charge in [-0.05, 0) is 81.4 Å². The van der Waals surface area contributed by atoms with Crippen molar-refractivity contribution < 1.29 is 28.5 Å². The van der Waals surface area contributed by atoms with Crippen LogP contribution in [0.3, 0.4) is 0 Å². The maximum absolute atomic E-state index is 14.9. The van der Waals surface area contributed by atoms with E-state index in [4.69, 9.17) is 19.2 Å². The fraction of sp³-hybridized carbons (Fsp3) is 0.613. The van der Waals surface area contributed by atoms with Crippen LogP contribution in [0.4, 0.5) is 10.2 Å². The van der Waals surface area contributed by atoms with Gasteiger partial charge in [0.2, 0.25) is 0 Å². The molecule has 3 aliphatic rings. The molecule has 0 bridgehead atoms. The quantitative estimate of drug-likeness (QED) is 0.308. The van der Waals surface area contributed by atoms with Crippen LogP contribution < -0.4 is 14.8 Å². The highest BCUT2D eigenvalue weighted by atomic mass is 19.1. The summed E-state index contributed by atoms with van der Waals surface area (Å²) in [5.74, 6) is 1.000. The summed E-state index contributed by atoms with van der Waals surface area (Å²) in [4.78, 5) is 19.1. The van der Waals surface area contributed by atoms with Crippen LogP contribution in [0.2, 0.25) is 0 Å². The fourth-order valence-electron chi connectivity index (χ4n) is 6.08. The Morgan fingerprint density at radius 1 is 1.18 bits per heavy atom. The van der Waals surface area contributed by atoms with Crippen molar-refractivity contribution in [3.63, 3.8) is 0 Å². The molecule has 1 aliphatic carbocycles. The van der Waals surface area contributed by atoms with Crippen molar-refractivity contribution in [2.24, 2.45) is 5.92 Å². The van der Waals surface area contributed by atoms with Crippen LogP contribution >= 0.6 is 0 Å². The number of aryl methyl sites for hydroxylation is 1. The second kappa shape index (κ2) is 13.2. The number of methoxy groups -OCH3 is 2. The minimum Gasteiger partial charge on any atom is -0.496 e. The number of anilines is 1. The minimum atomic E-state index is -0.996. The van der Waals surface area contributed by atoms with Crippen LogP contribution in [0.25, 0.3) is 0 Å². The number of carbonyl (C=O) groups is 1. The number of likely N-dealkylation sites (tertiary alicyclic amines) is 1. The number of aromatic nitrogens is 1. The van der Waals surface area contributed by atoms with Crippen LogP contribution in [0.1, 0.15) is 73.4 Å². The smallest absolute Gasteiger partial charge is 0.325 e. The molecule has 1 aromatic carbocycles. The molecule has 2 atom stereocenters. The summed E-state index contributed by atoms with van der Waals surface area (Å²) < 4.78 is 32.0. The van der Waals surface area contributed by atoms with Crippen LogP contribution in [-0.4, -0.2) is 67.5 Å². The van der Waals surface area contributed by atoms with Gasteiger partial charge in [-0.15, -0.1) is 0 Å². The van der Waals surface area contributed by atoms with E-state index in [1.54, 1.807) is 7.11 Å². The highest BCUT2D eigenvalue weighted by molar-refractivity contribution is 5.77. The summed E-state index contributed by atoms with van der Waals surface area (Å²) >= 11 is 0. The second-order valence-electron chi connectivity index (χ2n) is 11.3. The summed E-state index contributed by atoms with van der Waals surface area (Å²) in [6.45, 7) is 2.67. The number of carboxylic acid groups (broad SMARTS) is 1. The molecule has 0 spiro atoms. The number of ether oxygens (including phenoxy) is 3. The van der Waals surface area contributed by atoms with E-state index >= 15 is 0 Å². The Bertz CT molecular complexity index is 1170. The molecule has 2 fully saturated rings. The van der Waals surface area contributed by atoms with Crippen LogP contribution in [0.5, 0.6) is 11.5 Å². The van der Waals surface area contributed by atoms with Gasteiger partial charge in [-0.2, -0.15) is 0 Å². The number of nitrogens with zero attached hydrogens (tertiary/aromatic N) is 2. The van der Waals surface area contributed by atoms with Gasteiger partial charge in [0.05, 0.1) is 20.3 Å². The van der Waals surface area contributed by atoms with E-state index in [-0.39, 0.29) is 11.9 Å². The Labute approximate surface area is 236 Å². The number of nitrogens with one attached hydrogen (secondary N) is 1. The first-order valence-electron chi connectivity index (χ1n) is 14.7. The standard InChI is InChI=1S/C31H42FN3O5/c1-38-27-18-22(34-30-24(27)8-6-12-33-30)7-4-3-5-14-40-23-11-13-35(19-23)28(31(36)37)25-16-21(15-20-9-10-20)17-26(32)29(25)39-2/h16-18,20,23,28H,3-15,19H2,1-2H3,(H,33,34)(H,36,37)/t23-,28-/m1/s1. The maximum atomic E-state index is 14.9. The van der Waals surface area contributed by atoms with E-state index < -0.39 is 17.8 Å². The van der Waals surface area contributed by atoms with Crippen molar-refractivity contribution >= 4 is 11.8 Å². The molecule has 40 heavy (non-hydrogen) atoms. The van der Waals surface area contributed by atoms with E-state index in [0.717, 1.165) is 93.6 Å². The van der Waals surface area contributed by atoms with Crippen molar-refractivity contribution in [3.05, 3.63) is 46.4 Å². The zero-order valence-corrected chi connectivity index (χ0v) is 23.7. The summed E-state index contributed by atoms with van der Waals surface area (Å²) in [6, 6.07) is 4.42. The zero-order chi connectivity index (χ0) is 28.1. The fourth-order valence-corrected chi connectivity index (χ4v) is 6.08. The van der Waals surface area contributed by atoms with Gasteiger partial charge in [-0.25, -0.2) is 9.37 Å². The average molecular weight is 556 g/mol. The third kappa shape index (κ3) is 6.86. The summed E-state index contributed by atoms with van der Waals surface area (Å²) in [5, 5.41) is 13.6. The van der Waals surface area contributed by atoms with Gasteiger partial charge in [-0.3, -0.25) is 9.69 Å². The zero-order valence-electron chi connectivity index (χ0n) is 23.7. The van der Waals surface area contributed by atoms with Gasteiger partial charge in [0.25, 0.3) is 0 Å². The van der Waals surface area contributed by atoms with E-state index in [1.165, 1.54) is 18.7 Å². The molecule has 1 saturated heterocycles. The van der Waals surface area contributed by atoms with E-state index in [1.807, 2.05) is 11.0 Å². The number of carboxylic acids is 1. The number of fused-ring (bicyclic) bond motifs is 1. The highest BCUT2D eigenvalue weighted by Crippen LogP contribution is 2.38. The van der Waals surface area contributed by atoms with Gasteiger partial charge in [0, 0.05) is 49.1 Å². The SMILES string of the molecule is COc1cc(CCCCCO[C@@H]2CCN([C@@H](C(=O)O)c3cc(CC4CC4)cc(F)c3OC)C2)nc2c1CCCN2. The Morgan fingerprint density at radius 3 is 2.77 bits per heavy atom. The lowest BCUT2D eigenvalue weighted by Crippen LogP contribution is -2.34. The molecule has 0 amide bonds. The maximum Gasteiger partial charge on any atom is 0.325 e. The monoisotopic (exact) mass is 555 g/mol. The van der Waals surface area contributed by atoms with Crippen LogP contribution in [-0.2, 0) is 28.8 Å². The number of unbranched alkanes of at least 4 members (excludes halogenated alkanes) is 2. The Morgan fingerprint density at radius 2 is 2.02 bits per heavy atom. The molecule has 1 saturated carbocycles. The van der Waals surface area contributed by atoms with Crippen molar-refractivity contribution in [2.45, 2.75) is 76.4 Å². The molecule has 2 aliphatic heterocycles. The van der Waals surface area contributed by atoms with Crippen LogP contribution in [0.15, 0.2) is 18.2 Å². The van der Waals surface area contributed by atoms with Gasteiger partial charge >= 0.3 is 5.97 Å². The largest absolute Gasteiger partial charge is 0.496 e. The molecule has 1 aromatic heterocycles. The lowest BCUT2D eigenvalue weighted by molar-refractivity contribution is -0.143. The van der Waals surface area contributed by atoms with Crippen LogP contribution in [0, 0.1) is 11.7 Å². The first-order valence-corrected chi connectivity index (χ1v) is 14.7. The average Bonchev–Trinajstić information content (AvgIpc) is 3.64. The molecule has 2 N–H and O–H groups in total. The van der Waals surface area contributed by atoms with Gasteiger partial charge in [0.15, 0.2) is 11.6 Å². The molecule has 218 valence electrons.